The van der Waals surface area contributed by atoms with E-state index < -0.39 is 10.4 Å². The van der Waals surface area contributed by atoms with Crippen LogP contribution in [-0.4, -0.2) is 75.5 Å². The average Bonchev–Trinajstić information content (AvgIpc) is 2.38. The molecule has 0 aliphatic rings. The first-order valence-corrected chi connectivity index (χ1v) is 7.13. The Morgan fingerprint density at radius 1 is 0.632 bits per heavy atom. The maximum atomic E-state index is 11.2. The van der Waals surface area contributed by atoms with Gasteiger partial charge in [-0.1, -0.05) is 0 Å². The Morgan fingerprint density at radius 3 is 1.37 bits per heavy atom. The van der Waals surface area contributed by atoms with Gasteiger partial charge in [0.15, 0.2) is 0 Å². The molecule has 0 aromatic heterocycles. The second-order valence-corrected chi connectivity index (χ2v) is 4.55. The van der Waals surface area contributed by atoms with Crippen molar-refractivity contribution in [3.63, 3.8) is 0 Å². The first kappa shape index (κ1) is 18.7. The molecule has 0 rings (SSSR count). The standard InChI is InChI=1S/C10H22O8S/c1-13-3-5-15-7-9-17-19(11,12)18-10-8-16-6-4-14-2/h3-10H2,1-2H3. The van der Waals surface area contributed by atoms with Crippen molar-refractivity contribution in [2.45, 2.75) is 0 Å². The number of rotatable bonds is 14. The van der Waals surface area contributed by atoms with Gasteiger partial charge in [-0.25, -0.2) is 8.37 Å². The summed E-state index contributed by atoms with van der Waals surface area (Å²) in [7, 11) is -0.893. The van der Waals surface area contributed by atoms with Gasteiger partial charge in [0.2, 0.25) is 0 Å². The zero-order valence-electron chi connectivity index (χ0n) is 11.3. The Morgan fingerprint density at radius 2 is 1.00 bits per heavy atom. The van der Waals surface area contributed by atoms with Crippen molar-refractivity contribution in [3.8, 4) is 0 Å². The van der Waals surface area contributed by atoms with Crippen molar-refractivity contribution in [2.24, 2.45) is 0 Å². The lowest BCUT2D eigenvalue weighted by Crippen LogP contribution is -2.17. The molecule has 9 heteroatoms. The molecule has 19 heavy (non-hydrogen) atoms. The van der Waals surface area contributed by atoms with Gasteiger partial charge in [-0.3, -0.25) is 0 Å². The van der Waals surface area contributed by atoms with Crippen molar-refractivity contribution in [1.29, 1.82) is 0 Å². The fourth-order valence-electron chi connectivity index (χ4n) is 0.913. The van der Waals surface area contributed by atoms with E-state index in [2.05, 4.69) is 8.37 Å². The van der Waals surface area contributed by atoms with E-state index in [4.69, 9.17) is 18.9 Å². The van der Waals surface area contributed by atoms with Gasteiger partial charge in [0.25, 0.3) is 0 Å². The second kappa shape index (κ2) is 12.7. The van der Waals surface area contributed by atoms with Crippen LogP contribution in [0.3, 0.4) is 0 Å². The molecule has 0 aliphatic carbocycles. The highest BCUT2D eigenvalue weighted by atomic mass is 32.3. The van der Waals surface area contributed by atoms with E-state index in [9.17, 15) is 8.42 Å². The van der Waals surface area contributed by atoms with E-state index in [1.54, 1.807) is 14.2 Å². The molecule has 0 saturated carbocycles. The fraction of sp³-hybridized carbons (Fsp3) is 1.00. The highest BCUT2D eigenvalue weighted by Gasteiger charge is 2.11. The van der Waals surface area contributed by atoms with Crippen molar-refractivity contribution in [2.75, 3.05) is 67.1 Å². The zero-order chi connectivity index (χ0) is 14.4. The Bertz CT molecular complexity index is 257. The summed E-state index contributed by atoms with van der Waals surface area (Å²) >= 11 is 0. The van der Waals surface area contributed by atoms with Crippen LogP contribution in [0.25, 0.3) is 0 Å². The molecule has 0 unspecified atom stereocenters. The summed E-state index contributed by atoms with van der Waals surface area (Å²) in [6, 6.07) is 0. The first-order valence-electron chi connectivity index (χ1n) is 5.79. The highest BCUT2D eigenvalue weighted by Crippen LogP contribution is 1.96. The molecule has 0 amide bonds. The summed E-state index contributed by atoms with van der Waals surface area (Å²) in [5.41, 5.74) is 0. The van der Waals surface area contributed by atoms with Crippen molar-refractivity contribution in [3.05, 3.63) is 0 Å². The smallest absolute Gasteiger partial charge is 0.382 e. The molecule has 0 aromatic rings. The van der Waals surface area contributed by atoms with E-state index in [0.717, 1.165) is 0 Å². The molecule has 8 nitrogen and oxygen atoms in total. The molecule has 0 atom stereocenters. The van der Waals surface area contributed by atoms with Crippen LogP contribution in [0.1, 0.15) is 0 Å². The minimum atomic E-state index is -3.99. The summed E-state index contributed by atoms with van der Waals surface area (Å²) in [6.45, 7) is 1.76. The third-order valence-electron chi connectivity index (χ3n) is 1.77. The summed E-state index contributed by atoms with van der Waals surface area (Å²) in [5.74, 6) is 0. The number of ether oxygens (including phenoxy) is 4. The molecule has 0 fully saturated rings. The van der Waals surface area contributed by atoms with Gasteiger partial charge >= 0.3 is 10.4 Å². The Labute approximate surface area is 114 Å². The van der Waals surface area contributed by atoms with Gasteiger partial charge in [-0.05, 0) is 0 Å². The van der Waals surface area contributed by atoms with Crippen LogP contribution < -0.4 is 0 Å². The number of hydrogen-bond acceptors (Lipinski definition) is 8. The third kappa shape index (κ3) is 13.9. The van der Waals surface area contributed by atoms with Gasteiger partial charge < -0.3 is 18.9 Å². The topological polar surface area (TPSA) is 89.5 Å². The molecule has 0 heterocycles. The second-order valence-electron chi connectivity index (χ2n) is 3.26. The monoisotopic (exact) mass is 302 g/mol. The summed E-state index contributed by atoms with van der Waals surface area (Å²) < 4.78 is 51.1. The molecular weight excluding hydrogens is 280 g/mol. The molecule has 0 radical (unpaired) electrons. The Hall–Kier alpha value is -0.290. The van der Waals surface area contributed by atoms with Crippen LogP contribution >= 0.6 is 0 Å². The predicted molar refractivity (Wildman–Crippen MR) is 66.2 cm³/mol. The Kier molecular flexibility index (Phi) is 12.5. The number of methoxy groups -OCH3 is 2. The zero-order valence-corrected chi connectivity index (χ0v) is 12.1. The summed E-state index contributed by atoms with van der Waals surface area (Å²) in [6.07, 6.45) is 0. The van der Waals surface area contributed by atoms with Gasteiger partial charge in [0.05, 0.1) is 52.9 Å². The van der Waals surface area contributed by atoms with Gasteiger partial charge in [0, 0.05) is 14.2 Å². The predicted octanol–water partition coefficient (Wildman–Crippen LogP) is -0.410. The van der Waals surface area contributed by atoms with Crippen LogP contribution in [0.2, 0.25) is 0 Å². The van der Waals surface area contributed by atoms with Gasteiger partial charge in [-0.2, -0.15) is 8.42 Å². The minimum absolute atomic E-state index is 0.101. The highest BCUT2D eigenvalue weighted by molar-refractivity contribution is 7.81. The van der Waals surface area contributed by atoms with Crippen LogP contribution in [0.4, 0.5) is 0 Å². The van der Waals surface area contributed by atoms with Crippen LogP contribution in [-0.2, 0) is 37.7 Å². The maximum Gasteiger partial charge on any atom is 0.400 e. The van der Waals surface area contributed by atoms with Gasteiger partial charge in [-0.15, -0.1) is 0 Å². The van der Waals surface area contributed by atoms with Crippen LogP contribution in [0.15, 0.2) is 0 Å². The molecule has 0 aromatic carbocycles. The summed E-state index contributed by atoms with van der Waals surface area (Å²) in [5, 5.41) is 0. The van der Waals surface area contributed by atoms with E-state index >= 15 is 0 Å². The fourth-order valence-corrected chi connectivity index (χ4v) is 1.53. The molecular formula is C10H22O8S. The lowest BCUT2D eigenvalue weighted by Gasteiger charge is -2.07. The van der Waals surface area contributed by atoms with Crippen LogP contribution in [0.5, 0.6) is 0 Å². The Balaban J connectivity index is 3.42. The van der Waals surface area contributed by atoms with Crippen molar-refractivity contribution >= 4 is 10.4 Å². The first-order chi connectivity index (χ1) is 9.12. The lowest BCUT2D eigenvalue weighted by atomic mass is 10.7. The molecule has 116 valence electrons. The van der Waals surface area contributed by atoms with Gasteiger partial charge in [0.1, 0.15) is 0 Å². The molecule has 0 saturated heterocycles. The third-order valence-corrected chi connectivity index (χ3v) is 2.68. The largest absolute Gasteiger partial charge is 0.400 e. The normalized spacial score (nSPS) is 11.9. The van der Waals surface area contributed by atoms with E-state index in [1.165, 1.54) is 0 Å². The summed E-state index contributed by atoms with van der Waals surface area (Å²) in [4.78, 5) is 0. The molecule has 0 N–H and O–H groups in total. The number of hydrogen-bond donors (Lipinski definition) is 0. The van der Waals surface area contributed by atoms with E-state index in [0.29, 0.717) is 26.4 Å². The minimum Gasteiger partial charge on any atom is -0.382 e. The SMILES string of the molecule is COCCOCCOS(=O)(=O)OCCOCCOC. The molecule has 0 bridgehead atoms. The lowest BCUT2D eigenvalue weighted by molar-refractivity contribution is 0.0428. The van der Waals surface area contributed by atoms with Crippen LogP contribution in [0, 0.1) is 0 Å². The van der Waals surface area contributed by atoms with Crippen molar-refractivity contribution in [1.82, 2.24) is 0 Å². The molecule has 0 spiro atoms. The maximum absolute atomic E-state index is 11.2. The van der Waals surface area contributed by atoms with Crippen molar-refractivity contribution < 1.29 is 35.7 Å². The van der Waals surface area contributed by atoms with E-state index in [1.807, 2.05) is 0 Å². The quantitative estimate of drug-likeness (QED) is 0.400. The molecule has 0 aliphatic heterocycles. The average molecular weight is 302 g/mol. The van der Waals surface area contributed by atoms with E-state index in [-0.39, 0.29) is 26.4 Å².